The lowest BCUT2D eigenvalue weighted by molar-refractivity contribution is -0.144. The zero-order chi connectivity index (χ0) is 24.3. The summed E-state index contributed by atoms with van der Waals surface area (Å²) in [5.41, 5.74) is 10.7. The van der Waals surface area contributed by atoms with Crippen LogP contribution in [-0.4, -0.2) is 80.4 Å². The number of carboxylic acids is 2. The van der Waals surface area contributed by atoms with E-state index in [2.05, 4.69) is 20.6 Å². The minimum atomic E-state index is -1.68. The Bertz CT molecular complexity index is 842. The molecule has 1 aromatic heterocycles. The van der Waals surface area contributed by atoms with Gasteiger partial charge in [-0.1, -0.05) is 0 Å². The molecule has 1 rings (SSSR count). The molecule has 0 radical (unpaired) electrons. The fraction of sp³-hybridized carbons (Fsp3) is 0.471. The Hall–Kier alpha value is -4.01. The number of carboxylic acid groups (broad SMARTS) is 2. The molecule has 0 aliphatic rings. The summed E-state index contributed by atoms with van der Waals surface area (Å²) in [4.78, 5) is 76.8. The number of hydrogen-bond acceptors (Lipinski definition) is 8. The van der Waals surface area contributed by atoms with Gasteiger partial charge in [0.15, 0.2) is 0 Å². The number of aromatic nitrogens is 2. The third kappa shape index (κ3) is 9.21. The second-order valence-corrected chi connectivity index (χ2v) is 6.67. The molecule has 10 N–H and O–H groups in total. The summed E-state index contributed by atoms with van der Waals surface area (Å²) in [5.74, 6) is -6.37. The average Bonchev–Trinajstić information content (AvgIpc) is 3.22. The Balaban J connectivity index is 3.01. The number of hydrogen-bond donors (Lipinski definition) is 8. The van der Waals surface area contributed by atoms with Gasteiger partial charge < -0.3 is 42.6 Å². The maximum absolute atomic E-state index is 12.8. The highest BCUT2D eigenvalue weighted by atomic mass is 16.4. The molecule has 0 aliphatic carbocycles. The number of primary amides is 1. The van der Waals surface area contributed by atoms with Gasteiger partial charge in [-0.3, -0.25) is 24.0 Å². The molecule has 1 heterocycles. The molecule has 0 saturated heterocycles. The van der Waals surface area contributed by atoms with Crippen LogP contribution in [0.25, 0.3) is 0 Å². The Morgan fingerprint density at radius 2 is 1.62 bits per heavy atom. The summed E-state index contributed by atoms with van der Waals surface area (Å²) >= 11 is 0. The van der Waals surface area contributed by atoms with Gasteiger partial charge in [-0.05, 0) is 6.42 Å². The quantitative estimate of drug-likeness (QED) is 0.135. The molecule has 0 saturated carbocycles. The Labute approximate surface area is 181 Å². The number of aromatic amines is 1. The molecule has 3 atom stereocenters. The predicted octanol–water partition coefficient (Wildman–Crippen LogP) is -3.81. The van der Waals surface area contributed by atoms with Crippen molar-refractivity contribution >= 4 is 35.6 Å². The van der Waals surface area contributed by atoms with E-state index in [0.29, 0.717) is 5.69 Å². The van der Waals surface area contributed by atoms with Crippen LogP contribution in [0.1, 0.15) is 25.0 Å². The van der Waals surface area contributed by atoms with Crippen molar-refractivity contribution in [2.75, 3.05) is 6.54 Å². The van der Waals surface area contributed by atoms with E-state index in [1.54, 1.807) is 0 Å². The molecule has 0 bridgehead atoms. The molecular formula is C17H25N7O8. The number of aliphatic carboxylic acids is 2. The highest BCUT2D eigenvalue weighted by Crippen LogP contribution is 2.04. The first-order valence-corrected chi connectivity index (χ1v) is 9.33. The molecule has 0 fully saturated rings. The van der Waals surface area contributed by atoms with Gasteiger partial charge >= 0.3 is 11.9 Å². The SMILES string of the molecule is NCC(=O)NC(Cc1cnc[nH]1)C(=O)NC(CCC(=O)O)C(=O)NC(CC(N)=O)C(=O)O. The van der Waals surface area contributed by atoms with Gasteiger partial charge in [-0.25, -0.2) is 9.78 Å². The second-order valence-electron chi connectivity index (χ2n) is 6.67. The van der Waals surface area contributed by atoms with E-state index in [4.69, 9.17) is 21.7 Å². The van der Waals surface area contributed by atoms with Gasteiger partial charge in [0, 0.05) is 24.7 Å². The lowest BCUT2D eigenvalue weighted by Gasteiger charge is -2.24. The summed E-state index contributed by atoms with van der Waals surface area (Å²) in [5, 5.41) is 24.8. The third-order valence-corrected chi connectivity index (χ3v) is 4.12. The van der Waals surface area contributed by atoms with Crippen LogP contribution in [0.3, 0.4) is 0 Å². The smallest absolute Gasteiger partial charge is 0.326 e. The largest absolute Gasteiger partial charge is 0.481 e. The molecule has 1 aromatic rings. The van der Waals surface area contributed by atoms with E-state index in [-0.39, 0.29) is 6.42 Å². The maximum Gasteiger partial charge on any atom is 0.326 e. The van der Waals surface area contributed by atoms with Crippen LogP contribution in [0.15, 0.2) is 12.5 Å². The minimum absolute atomic E-state index is 0.0513. The number of nitrogens with two attached hydrogens (primary N) is 2. The number of nitrogens with one attached hydrogen (secondary N) is 4. The molecule has 0 aliphatic heterocycles. The van der Waals surface area contributed by atoms with E-state index in [1.807, 2.05) is 5.32 Å². The Morgan fingerprint density at radius 3 is 2.12 bits per heavy atom. The van der Waals surface area contributed by atoms with E-state index >= 15 is 0 Å². The molecule has 176 valence electrons. The highest BCUT2D eigenvalue weighted by Gasteiger charge is 2.30. The van der Waals surface area contributed by atoms with Crippen molar-refractivity contribution in [3.63, 3.8) is 0 Å². The van der Waals surface area contributed by atoms with Crippen molar-refractivity contribution in [1.82, 2.24) is 25.9 Å². The van der Waals surface area contributed by atoms with Crippen LogP contribution in [0.2, 0.25) is 0 Å². The first-order valence-electron chi connectivity index (χ1n) is 9.33. The van der Waals surface area contributed by atoms with Gasteiger partial charge in [0.05, 0.1) is 19.3 Å². The fourth-order valence-electron chi connectivity index (χ4n) is 2.56. The topological polar surface area (TPSA) is 260 Å². The van der Waals surface area contributed by atoms with Crippen molar-refractivity contribution in [2.45, 2.75) is 43.8 Å². The van der Waals surface area contributed by atoms with Crippen molar-refractivity contribution in [3.05, 3.63) is 18.2 Å². The highest BCUT2D eigenvalue weighted by molar-refractivity contribution is 5.94. The van der Waals surface area contributed by atoms with Gasteiger partial charge in [0.1, 0.15) is 18.1 Å². The third-order valence-electron chi connectivity index (χ3n) is 4.12. The predicted molar refractivity (Wildman–Crippen MR) is 105 cm³/mol. The van der Waals surface area contributed by atoms with Gasteiger partial charge in [0.25, 0.3) is 0 Å². The van der Waals surface area contributed by atoms with Crippen LogP contribution in [0.4, 0.5) is 0 Å². The van der Waals surface area contributed by atoms with Crippen molar-refractivity contribution in [2.24, 2.45) is 11.5 Å². The summed E-state index contributed by atoms with van der Waals surface area (Å²) < 4.78 is 0. The van der Waals surface area contributed by atoms with Crippen molar-refractivity contribution < 1.29 is 39.0 Å². The van der Waals surface area contributed by atoms with Crippen LogP contribution in [0, 0.1) is 0 Å². The van der Waals surface area contributed by atoms with Crippen LogP contribution >= 0.6 is 0 Å². The van der Waals surface area contributed by atoms with E-state index < -0.39 is 79.5 Å². The van der Waals surface area contributed by atoms with Crippen molar-refractivity contribution in [1.29, 1.82) is 0 Å². The van der Waals surface area contributed by atoms with Gasteiger partial charge in [-0.15, -0.1) is 0 Å². The monoisotopic (exact) mass is 455 g/mol. The summed E-state index contributed by atoms with van der Waals surface area (Å²) in [6.07, 6.45) is 1.07. The number of rotatable bonds is 14. The number of amides is 4. The summed E-state index contributed by atoms with van der Waals surface area (Å²) in [6, 6.07) is -4.36. The van der Waals surface area contributed by atoms with E-state index in [0.717, 1.165) is 0 Å². The standard InChI is InChI=1S/C17H25N7O8/c18-5-13(26)22-10(3-8-6-20-7-21-8)16(30)23-9(1-2-14(27)28)15(29)24-11(17(31)32)4-12(19)25/h6-7,9-11H,1-5,18H2,(H2,19,25)(H,20,21)(H,22,26)(H,23,30)(H,24,29)(H,27,28)(H,31,32). The number of nitrogens with zero attached hydrogens (tertiary/aromatic N) is 1. The molecule has 15 heteroatoms. The maximum atomic E-state index is 12.8. The molecule has 4 amide bonds. The molecule has 0 aromatic carbocycles. The number of H-pyrrole nitrogens is 1. The van der Waals surface area contributed by atoms with E-state index in [9.17, 15) is 28.8 Å². The Kier molecular flexibility index (Phi) is 10.3. The molecule has 32 heavy (non-hydrogen) atoms. The Morgan fingerprint density at radius 1 is 1.00 bits per heavy atom. The second kappa shape index (κ2) is 12.6. The first kappa shape index (κ1) is 26.0. The zero-order valence-electron chi connectivity index (χ0n) is 16.9. The summed E-state index contributed by atoms with van der Waals surface area (Å²) in [7, 11) is 0. The molecule has 15 nitrogen and oxygen atoms in total. The molecular weight excluding hydrogens is 430 g/mol. The zero-order valence-corrected chi connectivity index (χ0v) is 16.9. The van der Waals surface area contributed by atoms with Gasteiger partial charge in [0.2, 0.25) is 23.6 Å². The average molecular weight is 455 g/mol. The normalized spacial score (nSPS) is 13.3. The molecule has 3 unspecified atom stereocenters. The van der Waals surface area contributed by atoms with Crippen molar-refractivity contribution in [3.8, 4) is 0 Å². The van der Waals surface area contributed by atoms with E-state index in [1.165, 1.54) is 12.5 Å². The lowest BCUT2D eigenvalue weighted by Crippen LogP contribution is -2.57. The number of carbonyl (C=O) groups is 6. The van der Waals surface area contributed by atoms with Crippen LogP contribution in [-0.2, 0) is 35.2 Å². The number of imidazole rings is 1. The lowest BCUT2D eigenvalue weighted by atomic mass is 10.1. The van der Waals surface area contributed by atoms with Gasteiger partial charge in [-0.2, -0.15) is 0 Å². The fourth-order valence-corrected chi connectivity index (χ4v) is 2.56. The number of carbonyl (C=O) groups excluding carboxylic acids is 4. The summed E-state index contributed by atoms with van der Waals surface area (Å²) in [6.45, 7) is -0.414. The minimum Gasteiger partial charge on any atom is -0.481 e. The van der Waals surface area contributed by atoms with Crippen LogP contribution in [0.5, 0.6) is 0 Å². The van der Waals surface area contributed by atoms with Crippen LogP contribution < -0.4 is 27.4 Å². The first-order chi connectivity index (χ1) is 15.0. The molecule has 0 spiro atoms.